The zero-order valence-electron chi connectivity index (χ0n) is 7.63. The number of esters is 1. The number of hydrogen-bond acceptors (Lipinski definition) is 4. The number of carbonyl (C=O) groups is 1. The van der Waals surface area contributed by atoms with Crippen molar-refractivity contribution in [1.29, 1.82) is 0 Å². The molecule has 0 saturated heterocycles. The van der Waals surface area contributed by atoms with Crippen LogP contribution in [-0.4, -0.2) is 36.3 Å². The molecule has 0 aromatic rings. The lowest BCUT2D eigenvalue weighted by Crippen LogP contribution is -2.34. The maximum Gasteiger partial charge on any atom is 0.401 e. The number of hydrogen-bond donors (Lipinski definition) is 1. The molecule has 0 amide bonds. The quantitative estimate of drug-likeness (QED) is 0.722. The van der Waals surface area contributed by atoms with Crippen molar-refractivity contribution in [3.05, 3.63) is 0 Å². The monoisotopic (exact) mass is 231 g/mol. The molecule has 14 heavy (non-hydrogen) atoms. The van der Waals surface area contributed by atoms with Crippen molar-refractivity contribution in [3.8, 4) is 0 Å². The van der Waals surface area contributed by atoms with E-state index in [0.717, 1.165) is 0 Å². The highest BCUT2D eigenvalue weighted by Gasteiger charge is 2.39. The Balaban J connectivity index is 3.91. The largest absolute Gasteiger partial charge is 0.465 e. The van der Waals surface area contributed by atoms with E-state index in [1.165, 1.54) is 0 Å². The third kappa shape index (κ3) is 5.33. The molecule has 84 valence electrons. The van der Waals surface area contributed by atoms with E-state index in [9.17, 15) is 18.0 Å². The Labute approximate surface area is 84.2 Å². The molecule has 0 rings (SSSR count). The summed E-state index contributed by atoms with van der Waals surface area (Å²) in [6, 6.07) is 0. The van der Waals surface area contributed by atoms with Crippen molar-refractivity contribution < 1.29 is 22.7 Å². The summed E-state index contributed by atoms with van der Waals surface area (Å²) in [5.41, 5.74) is 4.93. The maximum absolute atomic E-state index is 12.1. The van der Waals surface area contributed by atoms with Gasteiger partial charge >= 0.3 is 12.1 Å². The molecule has 0 heterocycles. The molecule has 0 unspecified atom stereocenters. The van der Waals surface area contributed by atoms with Crippen molar-refractivity contribution in [1.82, 2.24) is 0 Å². The maximum atomic E-state index is 12.1. The number of carbonyl (C=O) groups excluding carboxylic acids is 1. The van der Waals surface area contributed by atoms with Crippen LogP contribution in [0.4, 0.5) is 13.2 Å². The summed E-state index contributed by atoms with van der Waals surface area (Å²) in [4.78, 5) is 10.7. The number of ether oxygens (including phenoxy) is 1. The molecule has 0 bridgehead atoms. The zero-order valence-corrected chi connectivity index (χ0v) is 8.45. The molecule has 3 nitrogen and oxygen atoms in total. The second kappa shape index (κ2) is 6.13. The van der Waals surface area contributed by atoms with Gasteiger partial charge in [-0.25, -0.2) is 0 Å². The molecule has 0 aliphatic heterocycles. The number of halogens is 3. The minimum Gasteiger partial charge on any atom is -0.465 e. The van der Waals surface area contributed by atoms with Gasteiger partial charge in [-0.3, -0.25) is 4.79 Å². The third-order valence-electron chi connectivity index (χ3n) is 1.29. The second-order valence-corrected chi connectivity index (χ2v) is 3.57. The first-order valence-electron chi connectivity index (χ1n) is 3.95. The van der Waals surface area contributed by atoms with Crippen molar-refractivity contribution in [3.63, 3.8) is 0 Å². The Morgan fingerprint density at radius 1 is 1.57 bits per heavy atom. The van der Waals surface area contributed by atoms with Crippen LogP contribution in [0, 0.1) is 0 Å². The summed E-state index contributed by atoms with van der Waals surface area (Å²) in [5.74, 6) is -0.977. The molecule has 0 saturated carbocycles. The SMILES string of the molecule is CCOC(=O)CS[C@H](CN)C(F)(F)F. The summed E-state index contributed by atoms with van der Waals surface area (Å²) >= 11 is 0.452. The predicted octanol–water partition coefficient (Wildman–Crippen LogP) is 1.17. The van der Waals surface area contributed by atoms with Crippen molar-refractivity contribution in [2.45, 2.75) is 18.3 Å². The van der Waals surface area contributed by atoms with Gasteiger partial charge in [-0.1, -0.05) is 0 Å². The van der Waals surface area contributed by atoms with Gasteiger partial charge in [0.15, 0.2) is 0 Å². The normalized spacial score (nSPS) is 13.8. The van der Waals surface area contributed by atoms with Crippen LogP contribution < -0.4 is 5.73 Å². The van der Waals surface area contributed by atoms with Crippen LogP contribution in [0.3, 0.4) is 0 Å². The Morgan fingerprint density at radius 2 is 2.14 bits per heavy atom. The van der Waals surface area contributed by atoms with Crippen LogP contribution in [0.5, 0.6) is 0 Å². The van der Waals surface area contributed by atoms with E-state index >= 15 is 0 Å². The number of nitrogens with two attached hydrogens (primary N) is 1. The summed E-state index contributed by atoms with van der Waals surface area (Å²) in [6.45, 7) is 1.22. The van der Waals surface area contributed by atoms with E-state index < -0.39 is 23.9 Å². The molecule has 0 aliphatic carbocycles. The fourth-order valence-corrected chi connectivity index (χ4v) is 1.41. The fourth-order valence-electron chi connectivity index (χ4n) is 0.667. The minimum absolute atomic E-state index is 0.165. The van der Waals surface area contributed by atoms with Gasteiger partial charge in [-0.15, -0.1) is 11.8 Å². The lowest BCUT2D eigenvalue weighted by Gasteiger charge is -2.17. The van der Waals surface area contributed by atoms with Crippen molar-refractivity contribution in [2.75, 3.05) is 18.9 Å². The Bertz CT molecular complexity index is 186. The number of rotatable bonds is 5. The highest BCUT2D eigenvalue weighted by atomic mass is 32.2. The highest BCUT2D eigenvalue weighted by molar-refractivity contribution is 8.00. The topological polar surface area (TPSA) is 52.3 Å². The first kappa shape index (κ1) is 13.6. The van der Waals surface area contributed by atoms with E-state index in [1.807, 2.05) is 0 Å². The van der Waals surface area contributed by atoms with Crippen LogP contribution in [0.25, 0.3) is 0 Å². The molecule has 0 aliphatic rings. The summed E-state index contributed by atoms with van der Waals surface area (Å²) in [7, 11) is 0. The van der Waals surface area contributed by atoms with Gasteiger partial charge in [0.05, 0.1) is 12.4 Å². The molecule has 0 radical (unpaired) electrons. The van der Waals surface area contributed by atoms with Gasteiger partial charge in [0, 0.05) is 6.54 Å². The molecule has 0 aromatic carbocycles. The highest BCUT2D eigenvalue weighted by Crippen LogP contribution is 2.29. The van der Waals surface area contributed by atoms with Crippen LogP contribution in [0.1, 0.15) is 6.92 Å². The van der Waals surface area contributed by atoms with Crippen LogP contribution in [-0.2, 0) is 9.53 Å². The van der Waals surface area contributed by atoms with Gasteiger partial charge in [0.1, 0.15) is 5.25 Å². The van der Waals surface area contributed by atoms with Crippen LogP contribution >= 0.6 is 11.8 Å². The average molecular weight is 231 g/mol. The van der Waals surface area contributed by atoms with E-state index in [0.29, 0.717) is 11.8 Å². The molecule has 0 fully saturated rings. The molecule has 0 spiro atoms. The van der Waals surface area contributed by atoms with Gasteiger partial charge in [-0.2, -0.15) is 13.2 Å². The lowest BCUT2D eigenvalue weighted by molar-refractivity contribution is -0.139. The Hall–Kier alpha value is -0.430. The van der Waals surface area contributed by atoms with Crippen molar-refractivity contribution >= 4 is 17.7 Å². The van der Waals surface area contributed by atoms with E-state index in [1.54, 1.807) is 6.92 Å². The van der Waals surface area contributed by atoms with Gasteiger partial charge in [-0.05, 0) is 6.92 Å². The smallest absolute Gasteiger partial charge is 0.401 e. The van der Waals surface area contributed by atoms with Gasteiger partial charge in [0.25, 0.3) is 0 Å². The zero-order chi connectivity index (χ0) is 11.2. The first-order chi connectivity index (χ1) is 6.41. The number of thioether (sulfide) groups is 1. The molecule has 7 heteroatoms. The second-order valence-electron chi connectivity index (χ2n) is 2.38. The predicted molar refractivity (Wildman–Crippen MR) is 48.0 cm³/mol. The molecule has 2 N–H and O–H groups in total. The number of alkyl halides is 3. The van der Waals surface area contributed by atoms with Gasteiger partial charge < -0.3 is 10.5 Å². The Morgan fingerprint density at radius 3 is 2.50 bits per heavy atom. The summed E-state index contributed by atoms with van der Waals surface area (Å²) < 4.78 is 40.8. The van der Waals surface area contributed by atoms with E-state index in [-0.39, 0.29) is 12.4 Å². The van der Waals surface area contributed by atoms with Crippen molar-refractivity contribution in [2.24, 2.45) is 5.73 Å². The third-order valence-corrected chi connectivity index (χ3v) is 2.55. The summed E-state index contributed by atoms with van der Waals surface area (Å²) in [6.07, 6.45) is -4.37. The standard InChI is InChI=1S/C7H12F3NO2S/c1-2-13-6(12)4-14-5(3-11)7(8,9)10/h5H,2-4,11H2,1H3/t5-/m1/s1. The Kier molecular flexibility index (Phi) is 5.94. The molecule has 0 aromatic heterocycles. The lowest BCUT2D eigenvalue weighted by atomic mass is 10.4. The minimum atomic E-state index is -4.37. The first-order valence-corrected chi connectivity index (χ1v) is 5.00. The average Bonchev–Trinajstić information content (AvgIpc) is 2.03. The fraction of sp³-hybridized carbons (Fsp3) is 0.857. The van der Waals surface area contributed by atoms with Gasteiger partial charge in [0.2, 0.25) is 0 Å². The summed E-state index contributed by atoms with van der Waals surface area (Å²) in [5, 5.41) is -1.70. The van der Waals surface area contributed by atoms with Crippen LogP contribution in [0.2, 0.25) is 0 Å². The van der Waals surface area contributed by atoms with E-state index in [4.69, 9.17) is 5.73 Å². The molecular weight excluding hydrogens is 219 g/mol. The molecule has 1 atom stereocenters. The van der Waals surface area contributed by atoms with Crippen LogP contribution in [0.15, 0.2) is 0 Å². The molecular formula is C7H12F3NO2S. The van der Waals surface area contributed by atoms with E-state index in [2.05, 4.69) is 4.74 Å².